The zero-order valence-corrected chi connectivity index (χ0v) is 14.5. The van der Waals surface area contributed by atoms with Crippen LogP contribution in [0.15, 0.2) is 47.3 Å². The molecule has 2 heterocycles. The van der Waals surface area contributed by atoms with E-state index in [4.69, 9.17) is 23.2 Å². The number of rotatable bonds is 1. The van der Waals surface area contributed by atoms with E-state index >= 15 is 0 Å². The predicted octanol–water partition coefficient (Wildman–Crippen LogP) is 5.21. The summed E-state index contributed by atoms with van der Waals surface area (Å²) in [5.74, 6) is 0.688. The van der Waals surface area contributed by atoms with Crippen molar-refractivity contribution < 1.29 is 0 Å². The summed E-state index contributed by atoms with van der Waals surface area (Å²) in [5, 5.41) is 1.30. The minimum Gasteiger partial charge on any atom is -0.289 e. The zero-order valence-electron chi connectivity index (χ0n) is 13.0. The minimum atomic E-state index is -0.0941. The number of benzene rings is 2. The third-order valence-corrected chi connectivity index (χ3v) is 4.81. The molecule has 0 spiro atoms. The van der Waals surface area contributed by atoms with Gasteiger partial charge >= 0.3 is 0 Å². The first-order valence-corrected chi connectivity index (χ1v) is 8.47. The smallest absolute Gasteiger partial charge is 0.262 e. The Balaban J connectivity index is 2.00. The lowest BCUT2D eigenvalue weighted by Crippen LogP contribution is -2.23. The molecule has 4 rings (SSSR count). The standard InChI is InChI=1S/C19H14Cl2N2O/c1-11-7-13(8-12-5-3-2-4-6-12)18-22-17-15(19(24)23(11)18)9-14(20)10-16(17)21/h2-6,8-11H,7H2,1H3. The third-order valence-electron chi connectivity index (χ3n) is 4.31. The van der Waals surface area contributed by atoms with E-state index < -0.39 is 0 Å². The van der Waals surface area contributed by atoms with E-state index in [-0.39, 0.29) is 11.6 Å². The fourth-order valence-corrected chi connectivity index (χ4v) is 3.77. The molecular formula is C19H14Cl2N2O. The second kappa shape index (κ2) is 5.76. The Labute approximate surface area is 149 Å². The maximum Gasteiger partial charge on any atom is 0.262 e. The Kier molecular flexibility index (Phi) is 3.70. The largest absolute Gasteiger partial charge is 0.289 e. The van der Waals surface area contributed by atoms with Crippen molar-refractivity contribution in [2.75, 3.05) is 0 Å². The van der Waals surface area contributed by atoms with Crippen molar-refractivity contribution in [3.8, 4) is 0 Å². The highest BCUT2D eigenvalue weighted by molar-refractivity contribution is 6.38. The van der Waals surface area contributed by atoms with Gasteiger partial charge in [0.1, 0.15) is 5.82 Å². The van der Waals surface area contributed by atoms with E-state index in [1.807, 2.05) is 37.3 Å². The summed E-state index contributed by atoms with van der Waals surface area (Å²) < 4.78 is 1.74. The van der Waals surface area contributed by atoms with Gasteiger partial charge in [-0.15, -0.1) is 0 Å². The summed E-state index contributed by atoms with van der Waals surface area (Å²) in [5.41, 5.74) is 2.54. The van der Waals surface area contributed by atoms with Crippen LogP contribution in [0, 0.1) is 0 Å². The Bertz CT molecular complexity index is 1040. The lowest BCUT2D eigenvalue weighted by molar-refractivity contribution is 0.574. The maximum absolute atomic E-state index is 12.9. The van der Waals surface area contributed by atoms with Gasteiger partial charge in [-0.1, -0.05) is 53.5 Å². The van der Waals surface area contributed by atoms with Gasteiger partial charge in [0.2, 0.25) is 0 Å². The third kappa shape index (κ3) is 2.45. The number of aromatic nitrogens is 2. The number of fused-ring (bicyclic) bond motifs is 2. The molecule has 0 radical (unpaired) electrons. The van der Waals surface area contributed by atoms with Crippen LogP contribution in [-0.2, 0) is 0 Å². The van der Waals surface area contributed by atoms with E-state index in [0.29, 0.717) is 26.8 Å². The summed E-state index contributed by atoms with van der Waals surface area (Å²) in [7, 11) is 0. The van der Waals surface area contributed by atoms with Crippen LogP contribution in [-0.4, -0.2) is 9.55 Å². The molecule has 3 aromatic rings. The number of allylic oxidation sites excluding steroid dienone is 1. The molecule has 1 atom stereocenters. The average molecular weight is 357 g/mol. The molecule has 1 unspecified atom stereocenters. The summed E-state index contributed by atoms with van der Waals surface area (Å²) in [6, 6.07) is 13.3. The van der Waals surface area contributed by atoms with Crippen LogP contribution in [0.2, 0.25) is 10.0 Å². The van der Waals surface area contributed by atoms with Crippen LogP contribution in [0.25, 0.3) is 22.6 Å². The van der Waals surface area contributed by atoms with Crippen molar-refractivity contribution in [3.05, 3.63) is 74.3 Å². The molecule has 2 aromatic carbocycles. The Hall–Kier alpha value is -2.10. The summed E-state index contributed by atoms with van der Waals surface area (Å²) in [4.78, 5) is 17.6. The van der Waals surface area contributed by atoms with Gasteiger partial charge in [-0.3, -0.25) is 9.36 Å². The molecule has 5 heteroatoms. The number of nitrogens with zero attached hydrogens (tertiary/aromatic N) is 2. The highest BCUT2D eigenvalue weighted by atomic mass is 35.5. The van der Waals surface area contributed by atoms with Crippen molar-refractivity contribution >= 4 is 45.8 Å². The first-order valence-electron chi connectivity index (χ1n) is 7.72. The molecule has 1 aromatic heterocycles. The van der Waals surface area contributed by atoms with Gasteiger partial charge in [-0.2, -0.15) is 0 Å². The fraction of sp³-hybridized carbons (Fsp3) is 0.158. The van der Waals surface area contributed by atoms with Gasteiger partial charge in [0.25, 0.3) is 5.56 Å². The lowest BCUT2D eigenvalue weighted by Gasteiger charge is -2.10. The van der Waals surface area contributed by atoms with E-state index in [9.17, 15) is 4.79 Å². The van der Waals surface area contributed by atoms with Crippen molar-refractivity contribution in [2.45, 2.75) is 19.4 Å². The van der Waals surface area contributed by atoms with Crippen LogP contribution >= 0.6 is 23.2 Å². The Morgan fingerprint density at radius 1 is 1.21 bits per heavy atom. The first-order chi connectivity index (χ1) is 11.5. The maximum atomic E-state index is 12.9. The molecule has 24 heavy (non-hydrogen) atoms. The molecule has 120 valence electrons. The molecule has 0 saturated carbocycles. The van der Waals surface area contributed by atoms with Gasteiger partial charge in [0.15, 0.2) is 0 Å². The van der Waals surface area contributed by atoms with Gasteiger partial charge in [-0.05, 0) is 42.7 Å². The van der Waals surface area contributed by atoms with Gasteiger partial charge in [0, 0.05) is 11.1 Å². The summed E-state index contributed by atoms with van der Waals surface area (Å²) >= 11 is 12.3. The lowest BCUT2D eigenvalue weighted by atomic mass is 10.1. The topological polar surface area (TPSA) is 34.9 Å². The Morgan fingerprint density at radius 3 is 2.71 bits per heavy atom. The highest BCUT2D eigenvalue weighted by Gasteiger charge is 2.27. The molecule has 0 bridgehead atoms. The number of hydrogen-bond donors (Lipinski definition) is 0. The van der Waals surface area contributed by atoms with Crippen LogP contribution in [0.1, 0.15) is 30.8 Å². The predicted molar refractivity (Wildman–Crippen MR) is 99.7 cm³/mol. The van der Waals surface area contributed by atoms with Crippen molar-refractivity contribution in [1.29, 1.82) is 0 Å². The average Bonchev–Trinajstić information content (AvgIpc) is 2.86. The van der Waals surface area contributed by atoms with Gasteiger partial charge in [0.05, 0.1) is 15.9 Å². The summed E-state index contributed by atoms with van der Waals surface area (Å²) in [6.45, 7) is 2.02. The minimum absolute atomic E-state index is 0.0529. The second-order valence-electron chi connectivity index (χ2n) is 6.03. The summed E-state index contributed by atoms with van der Waals surface area (Å²) in [6.07, 6.45) is 2.84. The quantitative estimate of drug-likeness (QED) is 0.599. The molecule has 1 aliphatic rings. The van der Waals surface area contributed by atoms with Crippen molar-refractivity contribution in [2.24, 2.45) is 0 Å². The molecule has 3 nitrogen and oxygen atoms in total. The van der Waals surface area contributed by atoms with E-state index in [2.05, 4.69) is 11.1 Å². The number of hydrogen-bond acceptors (Lipinski definition) is 2. The van der Waals surface area contributed by atoms with Crippen LogP contribution in [0.3, 0.4) is 0 Å². The van der Waals surface area contributed by atoms with E-state index in [0.717, 1.165) is 17.6 Å². The van der Waals surface area contributed by atoms with Crippen LogP contribution in [0.4, 0.5) is 0 Å². The normalized spacial score (nSPS) is 18.3. The van der Waals surface area contributed by atoms with E-state index in [1.165, 1.54) is 0 Å². The first kappa shape index (κ1) is 15.4. The van der Waals surface area contributed by atoms with Crippen LogP contribution in [0.5, 0.6) is 0 Å². The van der Waals surface area contributed by atoms with Crippen LogP contribution < -0.4 is 5.56 Å². The molecule has 1 aliphatic heterocycles. The number of halogens is 2. The molecule has 0 amide bonds. The molecule has 0 aliphatic carbocycles. The van der Waals surface area contributed by atoms with Gasteiger partial charge in [-0.25, -0.2) is 4.98 Å². The molecule has 0 N–H and O–H groups in total. The fourth-order valence-electron chi connectivity index (χ4n) is 3.24. The SMILES string of the molecule is CC1CC(=Cc2ccccc2)c2nc3c(Cl)cc(Cl)cc3c(=O)n21. The Morgan fingerprint density at radius 2 is 1.96 bits per heavy atom. The molecule has 0 fully saturated rings. The molecule has 0 saturated heterocycles. The highest BCUT2D eigenvalue weighted by Crippen LogP contribution is 2.36. The van der Waals surface area contributed by atoms with E-state index in [1.54, 1.807) is 16.7 Å². The monoisotopic (exact) mass is 356 g/mol. The van der Waals surface area contributed by atoms with Crippen molar-refractivity contribution in [1.82, 2.24) is 9.55 Å². The zero-order chi connectivity index (χ0) is 16.8. The second-order valence-corrected chi connectivity index (χ2v) is 6.87. The van der Waals surface area contributed by atoms with Crippen molar-refractivity contribution in [3.63, 3.8) is 0 Å². The molecular weight excluding hydrogens is 343 g/mol. The van der Waals surface area contributed by atoms with Gasteiger partial charge < -0.3 is 0 Å².